The first kappa shape index (κ1) is 10.2. The van der Waals surface area contributed by atoms with Crippen LogP contribution in [0, 0.1) is 0 Å². The van der Waals surface area contributed by atoms with Crippen molar-refractivity contribution >= 4 is 23.2 Å². The molecule has 0 spiro atoms. The minimum Gasteiger partial charge on any atom is -0.368 e. The minimum absolute atomic E-state index is 0.100. The summed E-state index contributed by atoms with van der Waals surface area (Å²) in [5, 5.41) is 3.26. The van der Waals surface area contributed by atoms with Gasteiger partial charge in [0.25, 0.3) is 0 Å². The number of hydrogen-bond acceptors (Lipinski definition) is 2. The third-order valence-corrected chi connectivity index (χ3v) is 1.69. The molecule has 0 heterocycles. The first-order chi connectivity index (χ1) is 5.07. The molecule has 5 heteroatoms. The molecule has 0 bridgehead atoms. The van der Waals surface area contributed by atoms with Crippen LogP contribution in [0.25, 0.3) is 0 Å². The smallest absolute Gasteiger partial charge is 0.236 e. The Bertz CT molecular complexity index is 160. The van der Waals surface area contributed by atoms with E-state index in [1.54, 1.807) is 0 Å². The Kier molecular flexibility index (Phi) is 4.52. The lowest BCUT2D eigenvalue weighted by Gasteiger charge is -2.17. The van der Waals surface area contributed by atoms with E-state index in [-0.39, 0.29) is 6.54 Å². The molecule has 0 aliphatic heterocycles. The highest BCUT2D eigenvalue weighted by atomic mass is 32.1. The fourth-order valence-corrected chi connectivity index (χ4v) is 0.643. The number of nitrogens with two attached hydrogens (primary N) is 1. The van der Waals surface area contributed by atoms with Crippen LogP contribution >= 0.6 is 12.2 Å². The van der Waals surface area contributed by atoms with Crippen LogP contribution in [0.2, 0.25) is 0 Å². The van der Waals surface area contributed by atoms with E-state index in [9.17, 15) is 4.79 Å². The van der Waals surface area contributed by atoms with E-state index in [0.717, 1.165) is 6.54 Å². The molecule has 1 amide bonds. The predicted octanol–water partition coefficient (Wildman–Crippen LogP) is -0.702. The van der Waals surface area contributed by atoms with Crippen molar-refractivity contribution in [2.75, 3.05) is 20.1 Å². The van der Waals surface area contributed by atoms with Crippen LogP contribution in [-0.4, -0.2) is 36.1 Å². The zero-order chi connectivity index (χ0) is 8.85. The van der Waals surface area contributed by atoms with E-state index in [4.69, 9.17) is 18.0 Å². The summed E-state index contributed by atoms with van der Waals surface area (Å²) in [6.45, 7) is 2.88. The van der Waals surface area contributed by atoms with Gasteiger partial charge in [0.05, 0.1) is 6.54 Å². The van der Waals surface area contributed by atoms with Crippen molar-refractivity contribution in [2.45, 2.75) is 6.92 Å². The third-order valence-electron chi connectivity index (χ3n) is 1.23. The number of nitrogens with one attached hydrogen (secondary N) is 1. The van der Waals surface area contributed by atoms with Crippen LogP contribution in [0.3, 0.4) is 0 Å². The molecule has 0 aromatic carbocycles. The SMILES string of the molecule is CCN(C)C(=S)NCC(N)=O. The Labute approximate surface area is 71.7 Å². The van der Waals surface area contributed by atoms with Gasteiger partial charge < -0.3 is 16.0 Å². The standard InChI is InChI=1S/C6H13N3OS/c1-3-9(2)6(11)8-4-5(7)10/h3-4H2,1-2H3,(H2,7,10)(H,8,11). The maximum Gasteiger partial charge on any atom is 0.236 e. The van der Waals surface area contributed by atoms with E-state index in [0.29, 0.717) is 5.11 Å². The van der Waals surface area contributed by atoms with Crippen LogP contribution in [0.4, 0.5) is 0 Å². The summed E-state index contributed by atoms with van der Waals surface area (Å²) in [6.07, 6.45) is 0. The number of rotatable bonds is 3. The summed E-state index contributed by atoms with van der Waals surface area (Å²) in [4.78, 5) is 12.1. The zero-order valence-corrected chi connectivity index (χ0v) is 7.57. The summed E-state index contributed by atoms with van der Waals surface area (Å²) < 4.78 is 0. The van der Waals surface area contributed by atoms with E-state index < -0.39 is 5.91 Å². The molecule has 0 aromatic rings. The molecule has 0 saturated carbocycles. The number of nitrogens with zero attached hydrogens (tertiary/aromatic N) is 1. The van der Waals surface area contributed by atoms with Gasteiger partial charge in [0.1, 0.15) is 0 Å². The molecular formula is C6H13N3OS. The lowest BCUT2D eigenvalue weighted by molar-refractivity contribution is -0.116. The monoisotopic (exact) mass is 175 g/mol. The van der Waals surface area contributed by atoms with Crippen molar-refractivity contribution in [2.24, 2.45) is 5.73 Å². The maximum absolute atomic E-state index is 10.3. The van der Waals surface area contributed by atoms with Gasteiger partial charge in [-0.2, -0.15) is 0 Å². The molecule has 0 aromatic heterocycles. The summed E-state index contributed by atoms with van der Waals surface area (Å²) in [5.41, 5.74) is 4.90. The van der Waals surface area contributed by atoms with Gasteiger partial charge in [0.2, 0.25) is 5.91 Å². The van der Waals surface area contributed by atoms with Crippen molar-refractivity contribution in [3.8, 4) is 0 Å². The molecule has 0 aliphatic carbocycles. The molecule has 0 fully saturated rings. The minimum atomic E-state index is -0.406. The Hall–Kier alpha value is -0.840. The quantitative estimate of drug-likeness (QED) is 0.557. The average molecular weight is 175 g/mol. The van der Waals surface area contributed by atoms with Gasteiger partial charge in [-0.1, -0.05) is 0 Å². The Morgan fingerprint density at radius 3 is 2.64 bits per heavy atom. The molecule has 3 N–H and O–H groups in total. The van der Waals surface area contributed by atoms with E-state index in [1.165, 1.54) is 0 Å². The first-order valence-corrected chi connectivity index (χ1v) is 3.76. The van der Waals surface area contributed by atoms with Gasteiger partial charge >= 0.3 is 0 Å². The lowest BCUT2D eigenvalue weighted by Crippen LogP contribution is -2.41. The van der Waals surface area contributed by atoms with Crippen LogP contribution in [0.1, 0.15) is 6.92 Å². The Morgan fingerprint density at radius 2 is 2.27 bits per heavy atom. The Balaban J connectivity index is 3.60. The van der Waals surface area contributed by atoms with Crippen LogP contribution in [0.5, 0.6) is 0 Å². The number of primary amides is 1. The van der Waals surface area contributed by atoms with E-state index in [1.807, 2.05) is 18.9 Å². The molecule has 0 rings (SSSR count). The normalized spacial score (nSPS) is 8.91. The molecule has 0 saturated heterocycles. The number of carbonyl (C=O) groups excluding carboxylic acids is 1. The third kappa shape index (κ3) is 4.55. The van der Waals surface area contributed by atoms with E-state index >= 15 is 0 Å². The van der Waals surface area contributed by atoms with Gasteiger partial charge in [-0.15, -0.1) is 0 Å². The predicted molar refractivity (Wildman–Crippen MR) is 48.1 cm³/mol. The van der Waals surface area contributed by atoms with Crippen molar-refractivity contribution in [3.63, 3.8) is 0 Å². The molecule has 0 aliphatic rings. The Morgan fingerprint density at radius 1 is 1.73 bits per heavy atom. The molecule has 11 heavy (non-hydrogen) atoms. The molecule has 4 nitrogen and oxygen atoms in total. The highest BCUT2D eigenvalue weighted by Crippen LogP contribution is 1.81. The number of hydrogen-bond donors (Lipinski definition) is 2. The maximum atomic E-state index is 10.3. The number of amides is 1. The fourth-order valence-electron chi connectivity index (χ4n) is 0.441. The second kappa shape index (κ2) is 4.90. The van der Waals surface area contributed by atoms with Gasteiger partial charge in [0, 0.05) is 13.6 Å². The van der Waals surface area contributed by atoms with E-state index in [2.05, 4.69) is 5.32 Å². The average Bonchev–Trinajstić information content (AvgIpc) is 1.98. The summed E-state index contributed by atoms with van der Waals surface area (Å²) in [7, 11) is 1.84. The first-order valence-electron chi connectivity index (χ1n) is 3.35. The summed E-state index contributed by atoms with van der Waals surface area (Å²) in [5.74, 6) is -0.406. The second-order valence-electron chi connectivity index (χ2n) is 2.14. The van der Waals surface area contributed by atoms with Crippen LogP contribution in [0.15, 0.2) is 0 Å². The van der Waals surface area contributed by atoms with Crippen molar-refractivity contribution in [1.29, 1.82) is 0 Å². The zero-order valence-electron chi connectivity index (χ0n) is 6.76. The van der Waals surface area contributed by atoms with Gasteiger partial charge in [0.15, 0.2) is 5.11 Å². The molecule has 0 atom stereocenters. The highest BCUT2D eigenvalue weighted by Gasteiger charge is 2.00. The van der Waals surface area contributed by atoms with Gasteiger partial charge in [-0.25, -0.2) is 0 Å². The van der Waals surface area contributed by atoms with Crippen molar-refractivity contribution in [3.05, 3.63) is 0 Å². The largest absolute Gasteiger partial charge is 0.368 e. The van der Waals surface area contributed by atoms with Gasteiger partial charge in [-0.05, 0) is 19.1 Å². The second-order valence-corrected chi connectivity index (χ2v) is 2.53. The molecule has 0 unspecified atom stereocenters. The van der Waals surface area contributed by atoms with Gasteiger partial charge in [-0.3, -0.25) is 4.79 Å². The molecule has 64 valence electrons. The summed E-state index contributed by atoms with van der Waals surface area (Å²) >= 11 is 4.90. The van der Waals surface area contributed by atoms with Crippen LogP contribution < -0.4 is 11.1 Å². The molecule has 0 radical (unpaired) electrons. The van der Waals surface area contributed by atoms with Crippen LogP contribution in [-0.2, 0) is 4.79 Å². The highest BCUT2D eigenvalue weighted by molar-refractivity contribution is 7.80. The molecular weight excluding hydrogens is 162 g/mol. The van der Waals surface area contributed by atoms with Crippen molar-refractivity contribution in [1.82, 2.24) is 10.2 Å². The lowest BCUT2D eigenvalue weighted by atomic mass is 10.6. The summed E-state index contributed by atoms with van der Waals surface area (Å²) in [6, 6.07) is 0. The topological polar surface area (TPSA) is 58.4 Å². The van der Waals surface area contributed by atoms with Crippen molar-refractivity contribution < 1.29 is 4.79 Å². The number of thiocarbonyl (C=S) groups is 1. The fraction of sp³-hybridized carbons (Fsp3) is 0.667. The number of carbonyl (C=O) groups is 1.